The highest BCUT2D eigenvalue weighted by atomic mass is 16.3. The smallest absolute Gasteiger partial charge is 0.124 e. The fourth-order valence-electron chi connectivity index (χ4n) is 3.96. The fourth-order valence-corrected chi connectivity index (χ4v) is 3.96. The monoisotopic (exact) mass is 336 g/mol. The Morgan fingerprint density at radius 1 is 0.346 bits per heavy atom. The van der Waals surface area contributed by atoms with Crippen LogP contribution in [0.2, 0.25) is 0 Å². The van der Waals surface area contributed by atoms with Gasteiger partial charge in [-0.3, -0.25) is 0 Å². The number of hydrogen-bond acceptors (Lipinski definition) is 2. The second-order valence-electron chi connectivity index (χ2n) is 6.49. The van der Waals surface area contributed by atoms with Crippen LogP contribution in [0.3, 0.4) is 0 Å². The van der Waals surface area contributed by atoms with E-state index in [9.17, 15) is 10.2 Å². The molecule has 0 atom stereocenters. The Morgan fingerprint density at radius 3 is 1.04 bits per heavy atom. The van der Waals surface area contributed by atoms with Crippen molar-refractivity contribution in [2.75, 3.05) is 0 Å². The molecule has 5 rings (SSSR count). The van der Waals surface area contributed by atoms with E-state index in [0.717, 1.165) is 33.4 Å². The summed E-state index contributed by atoms with van der Waals surface area (Å²) in [6.45, 7) is 0. The summed E-state index contributed by atoms with van der Waals surface area (Å²) in [5, 5.41) is 21.4. The van der Waals surface area contributed by atoms with Crippen LogP contribution in [0.1, 0.15) is 0 Å². The molecule has 0 saturated heterocycles. The molecular formula is C24H16O2. The highest BCUT2D eigenvalue weighted by molar-refractivity contribution is 6.05. The maximum Gasteiger partial charge on any atom is 0.124 e. The summed E-state index contributed by atoms with van der Waals surface area (Å²) in [7, 11) is 0. The van der Waals surface area contributed by atoms with Crippen molar-refractivity contribution in [3.05, 3.63) is 84.9 Å². The minimum absolute atomic E-state index is 0.166. The Kier molecular flexibility index (Phi) is 3.13. The minimum atomic E-state index is 0.166. The van der Waals surface area contributed by atoms with E-state index in [-0.39, 0.29) is 11.5 Å². The van der Waals surface area contributed by atoms with E-state index >= 15 is 0 Å². The molecule has 0 fully saturated rings. The van der Waals surface area contributed by atoms with Gasteiger partial charge in [-0.1, -0.05) is 72.8 Å². The first-order chi connectivity index (χ1) is 12.8. The lowest BCUT2D eigenvalue weighted by Gasteiger charge is -2.24. The third-order valence-electron chi connectivity index (χ3n) is 5.06. The third kappa shape index (κ3) is 1.99. The van der Waals surface area contributed by atoms with Gasteiger partial charge >= 0.3 is 0 Å². The summed E-state index contributed by atoms with van der Waals surface area (Å²) in [5.41, 5.74) is 7.48. The zero-order valence-corrected chi connectivity index (χ0v) is 14.0. The maximum absolute atomic E-state index is 10.7. The van der Waals surface area contributed by atoms with Crippen molar-refractivity contribution in [2.24, 2.45) is 0 Å². The molecule has 4 aromatic carbocycles. The molecule has 0 aliphatic heterocycles. The van der Waals surface area contributed by atoms with Crippen LogP contribution in [0.15, 0.2) is 84.9 Å². The molecule has 2 heteroatoms. The Hall–Kier alpha value is -3.52. The molecule has 0 saturated carbocycles. The first-order valence-electron chi connectivity index (χ1n) is 8.59. The van der Waals surface area contributed by atoms with E-state index in [1.807, 2.05) is 48.5 Å². The second kappa shape index (κ2) is 5.50. The van der Waals surface area contributed by atoms with Crippen molar-refractivity contribution in [2.45, 2.75) is 0 Å². The first kappa shape index (κ1) is 14.8. The molecule has 0 unspecified atom stereocenters. The summed E-state index contributed by atoms with van der Waals surface area (Å²) >= 11 is 0. The molecular weight excluding hydrogens is 320 g/mol. The predicted octanol–water partition coefficient (Wildman–Crippen LogP) is 6.08. The number of fused-ring (bicyclic) bond motifs is 8. The van der Waals surface area contributed by atoms with Crippen molar-refractivity contribution in [3.63, 3.8) is 0 Å². The van der Waals surface area contributed by atoms with E-state index in [1.54, 1.807) is 12.1 Å². The number of benzene rings is 4. The molecule has 1 aliphatic carbocycles. The zero-order chi connectivity index (χ0) is 17.7. The van der Waals surface area contributed by atoms with Gasteiger partial charge in [-0.05, 0) is 45.5 Å². The molecule has 0 amide bonds. The van der Waals surface area contributed by atoms with Crippen LogP contribution < -0.4 is 0 Å². The minimum Gasteiger partial charge on any atom is -0.507 e. The van der Waals surface area contributed by atoms with Gasteiger partial charge < -0.3 is 10.2 Å². The van der Waals surface area contributed by atoms with Crippen molar-refractivity contribution >= 4 is 0 Å². The van der Waals surface area contributed by atoms with Crippen LogP contribution in [-0.4, -0.2) is 10.2 Å². The van der Waals surface area contributed by atoms with Crippen molar-refractivity contribution < 1.29 is 10.2 Å². The van der Waals surface area contributed by atoms with Gasteiger partial charge in [0.25, 0.3) is 0 Å². The van der Waals surface area contributed by atoms with Gasteiger partial charge in [-0.2, -0.15) is 0 Å². The first-order valence-corrected chi connectivity index (χ1v) is 8.59. The predicted molar refractivity (Wildman–Crippen MR) is 105 cm³/mol. The lowest BCUT2D eigenvalue weighted by Crippen LogP contribution is -1.97. The second-order valence-corrected chi connectivity index (χ2v) is 6.49. The molecule has 0 aromatic heterocycles. The van der Waals surface area contributed by atoms with Gasteiger partial charge in [0.1, 0.15) is 11.5 Å². The zero-order valence-electron chi connectivity index (χ0n) is 14.0. The van der Waals surface area contributed by atoms with E-state index in [1.165, 1.54) is 0 Å². The highest BCUT2D eigenvalue weighted by Gasteiger charge is 2.25. The van der Waals surface area contributed by atoms with Crippen LogP contribution in [0.5, 0.6) is 11.5 Å². The molecule has 0 spiro atoms. The Labute approximate surface area is 151 Å². The topological polar surface area (TPSA) is 40.5 Å². The maximum atomic E-state index is 10.7. The average molecular weight is 336 g/mol. The SMILES string of the molecule is Oc1cccc2c1-c1c(O)cccc1-c1ccccc1-c1ccccc1-2. The average Bonchev–Trinajstić information content (AvgIpc) is 2.67. The Bertz CT molecular complexity index is 1070. The van der Waals surface area contributed by atoms with Crippen LogP contribution >= 0.6 is 0 Å². The Morgan fingerprint density at radius 2 is 0.654 bits per heavy atom. The number of aromatic hydroxyl groups is 2. The molecule has 26 heavy (non-hydrogen) atoms. The number of rotatable bonds is 0. The van der Waals surface area contributed by atoms with Gasteiger partial charge in [0.2, 0.25) is 0 Å². The quantitative estimate of drug-likeness (QED) is 0.360. The largest absolute Gasteiger partial charge is 0.507 e. The van der Waals surface area contributed by atoms with Crippen molar-refractivity contribution in [1.82, 2.24) is 0 Å². The summed E-state index contributed by atoms with van der Waals surface area (Å²) in [5.74, 6) is 0.332. The standard InChI is InChI=1S/C24H16O2/c25-21-13-5-11-19-17-9-3-1-7-15(17)16-8-2-4-10-18(16)20-12-6-14-22(26)24(20)23(19)21/h1-14,25-26H. The molecule has 0 radical (unpaired) electrons. The van der Waals surface area contributed by atoms with Gasteiger partial charge in [0.05, 0.1) is 0 Å². The molecule has 2 N–H and O–H groups in total. The normalized spacial score (nSPS) is 11.4. The van der Waals surface area contributed by atoms with E-state index < -0.39 is 0 Å². The van der Waals surface area contributed by atoms with Gasteiger partial charge in [-0.25, -0.2) is 0 Å². The van der Waals surface area contributed by atoms with Gasteiger partial charge in [-0.15, -0.1) is 0 Å². The van der Waals surface area contributed by atoms with Crippen LogP contribution in [-0.2, 0) is 0 Å². The molecule has 0 heterocycles. The fraction of sp³-hybridized carbons (Fsp3) is 0. The Balaban J connectivity index is 2.05. The summed E-state index contributed by atoms with van der Waals surface area (Å²) in [6, 6.07) is 27.4. The molecule has 2 nitrogen and oxygen atoms in total. The molecule has 4 aromatic rings. The molecule has 1 aliphatic rings. The van der Waals surface area contributed by atoms with Crippen LogP contribution in [0, 0.1) is 0 Å². The van der Waals surface area contributed by atoms with Crippen LogP contribution in [0.25, 0.3) is 44.5 Å². The summed E-state index contributed by atoms with van der Waals surface area (Å²) in [4.78, 5) is 0. The lowest BCUT2D eigenvalue weighted by molar-refractivity contribution is 0.469. The molecule has 124 valence electrons. The van der Waals surface area contributed by atoms with Crippen molar-refractivity contribution in [3.8, 4) is 56.0 Å². The number of phenolic OH excluding ortho intramolecular Hbond substituents is 2. The summed E-state index contributed by atoms with van der Waals surface area (Å²) in [6.07, 6.45) is 0. The third-order valence-corrected chi connectivity index (χ3v) is 5.06. The van der Waals surface area contributed by atoms with Crippen LogP contribution in [0.4, 0.5) is 0 Å². The lowest BCUT2D eigenvalue weighted by atomic mass is 9.80. The van der Waals surface area contributed by atoms with E-state index in [0.29, 0.717) is 11.1 Å². The van der Waals surface area contributed by atoms with Gasteiger partial charge in [0.15, 0.2) is 0 Å². The van der Waals surface area contributed by atoms with Gasteiger partial charge in [0, 0.05) is 11.1 Å². The molecule has 0 bridgehead atoms. The number of phenols is 2. The number of hydrogen-bond donors (Lipinski definition) is 2. The summed E-state index contributed by atoms with van der Waals surface area (Å²) < 4.78 is 0. The van der Waals surface area contributed by atoms with E-state index in [4.69, 9.17) is 0 Å². The van der Waals surface area contributed by atoms with Crippen molar-refractivity contribution in [1.29, 1.82) is 0 Å². The van der Waals surface area contributed by atoms with E-state index in [2.05, 4.69) is 24.3 Å². The highest BCUT2D eigenvalue weighted by Crippen LogP contribution is 2.52.